The molecule has 37 heavy (non-hydrogen) atoms. The van der Waals surface area contributed by atoms with Gasteiger partial charge in [0, 0.05) is 17.1 Å². The van der Waals surface area contributed by atoms with Crippen molar-refractivity contribution < 1.29 is 34.0 Å². The summed E-state index contributed by atoms with van der Waals surface area (Å²) in [4.78, 5) is 27.9. The molecule has 4 rings (SSSR count). The number of fused-ring (bicyclic) bond motifs is 2. The second-order valence-electron chi connectivity index (χ2n) is 9.18. The van der Waals surface area contributed by atoms with Gasteiger partial charge in [-0.2, -0.15) is 0 Å². The van der Waals surface area contributed by atoms with Crippen LogP contribution in [0.3, 0.4) is 0 Å². The molecule has 192 valence electrons. The molecule has 0 saturated carbocycles. The highest BCUT2D eigenvalue weighted by molar-refractivity contribution is 6.48. The fourth-order valence-corrected chi connectivity index (χ4v) is 4.74. The largest absolute Gasteiger partial charge is 0.508 e. The molecule has 0 aromatic heterocycles. The molecular formula is C30H30O7. The number of phenolic OH excluding ortho intramolecular Hbond substituents is 1. The number of carbonyl (C=O) groups excluding carboxylic acids is 2. The molecule has 7 heteroatoms. The molecule has 2 aliphatic rings. The number of Topliss-reactive ketones (excluding diaryl/α,β-unsaturated/α-hetero) is 2. The number of allylic oxidation sites excluding steroid dienone is 4. The van der Waals surface area contributed by atoms with Crippen molar-refractivity contribution in [2.24, 2.45) is 5.92 Å². The molecule has 0 radical (unpaired) electrons. The molecular weight excluding hydrogens is 472 g/mol. The zero-order chi connectivity index (χ0) is 26.9. The van der Waals surface area contributed by atoms with E-state index in [2.05, 4.69) is 6.58 Å². The Kier molecular flexibility index (Phi) is 7.36. The Bertz CT molecular complexity index is 1370. The van der Waals surface area contributed by atoms with Crippen LogP contribution in [0.25, 0.3) is 11.1 Å². The normalized spacial score (nSPS) is 17.4. The number of ketones is 2. The van der Waals surface area contributed by atoms with Crippen LogP contribution in [0.5, 0.6) is 17.2 Å². The van der Waals surface area contributed by atoms with Crippen LogP contribution < -0.4 is 9.47 Å². The Labute approximate surface area is 216 Å². The standard InChI is InChI=1S/C30H30O7/c1-16(2)21-12-19-13-24(37-11-10-17(3)15-31)23(35-4)14-22(19)27-26(21)28(33)25(30(36-5)29(27)34)18-6-8-20(32)9-7-18/h6-10,13-14,21,31-32H,1,11-12,15H2,2-5H3/b17-10+. The van der Waals surface area contributed by atoms with Crippen molar-refractivity contribution in [3.05, 3.63) is 88.2 Å². The molecule has 0 saturated heterocycles. The van der Waals surface area contributed by atoms with Gasteiger partial charge in [-0.25, -0.2) is 0 Å². The van der Waals surface area contributed by atoms with Gasteiger partial charge in [0.05, 0.1) is 26.4 Å². The van der Waals surface area contributed by atoms with Gasteiger partial charge in [0.2, 0.25) is 5.78 Å². The van der Waals surface area contributed by atoms with Gasteiger partial charge in [0.25, 0.3) is 0 Å². The Morgan fingerprint density at radius 2 is 1.73 bits per heavy atom. The topological polar surface area (TPSA) is 102 Å². The molecule has 0 bridgehead atoms. The van der Waals surface area contributed by atoms with Crippen LogP contribution in [0, 0.1) is 5.92 Å². The summed E-state index contributed by atoms with van der Waals surface area (Å²) in [6.07, 6.45) is 2.24. The highest BCUT2D eigenvalue weighted by atomic mass is 16.5. The van der Waals surface area contributed by atoms with Crippen molar-refractivity contribution in [2.45, 2.75) is 20.3 Å². The monoisotopic (exact) mass is 502 g/mol. The molecule has 2 N–H and O–H groups in total. The molecule has 2 aliphatic carbocycles. The number of ether oxygens (including phenoxy) is 3. The van der Waals surface area contributed by atoms with Gasteiger partial charge in [-0.15, -0.1) is 0 Å². The maximum Gasteiger partial charge on any atom is 0.229 e. The summed E-state index contributed by atoms with van der Waals surface area (Å²) < 4.78 is 17.0. The van der Waals surface area contributed by atoms with Gasteiger partial charge in [-0.1, -0.05) is 24.3 Å². The summed E-state index contributed by atoms with van der Waals surface area (Å²) in [5.41, 5.74) is 4.27. The molecule has 0 amide bonds. The lowest BCUT2D eigenvalue weighted by Gasteiger charge is -2.34. The van der Waals surface area contributed by atoms with Crippen LogP contribution in [0.4, 0.5) is 0 Å². The van der Waals surface area contributed by atoms with E-state index >= 15 is 0 Å². The van der Waals surface area contributed by atoms with Gasteiger partial charge in [0.1, 0.15) is 12.4 Å². The van der Waals surface area contributed by atoms with E-state index in [1.807, 2.05) is 13.0 Å². The zero-order valence-corrected chi connectivity index (χ0v) is 21.4. The van der Waals surface area contributed by atoms with Gasteiger partial charge >= 0.3 is 0 Å². The van der Waals surface area contributed by atoms with E-state index in [9.17, 15) is 19.8 Å². The molecule has 1 unspecified atom stereocenters. The molecule has 0 heterocycles. The SMILES string of the molecule is C=C(C)C1Cc2cc(OC/C=C(\C)CO)c(OC)cc2C2=C1C(=O)C(c1ccc(O)cc1)=C(OC)C2=O. The highest BCUT2D eigenvalue weighted by Gasteiger charge is 2.43. The van der Waals surface area contributed by atoms with Crippen molar-refractivity contribution >= 4 is 22.7 Å². The van der Waals surface area contributed by atoms with Crippen LogP contribution in [0.15, 0.2) is 71.5 Å². The number of aliphatic hydroxyl groups excluding tert-OH is 1. The van der Waals surface area contributed by atoms with Crippen LogP contribution in [0.2, 0.25) is 0 Å². The highest BCUT2D eigenvalue weighted by Crippen LogP contribution is 2.48. The van der Waals surface area contributed by atoms with E-state index in [1.165, 1.54) is 26.4 Å². The Morgan fingerprint density at radius 1 is 1.03 bits per heavy atom. The van der Waals surface area contributed by atoms with E-state index < -0.39 is 5.78 Å². The van der Waals surface area contributed by atoms with E-state index in [0.29, 0.717) is 34.6 Å². The number of aliphatic hydroxyl groups is 1. The second-order valence-corrected chi connectivity index (χ2v) is 9.18. The lowest BCUT2D eigenvalue weighted by molar-refractivity contribution is -0.116. The first-order chi connectivity index (χ1) is 17.7. The third-order valence-corrected chi connectivity index (χ3v) is 6.71. The van der Waals surface area contributed by atoms with Gasteiger partial charge in [-0.3, -0.25) is 9.59 Å². The van der Waals surface area contributed by atoms with Gasteiger partial charge < -0.3 is 24.4 Å². The Hall–Kier alpha value is -4.10. The summed E-state index contributed by atoms with van der Waals surface area (Å²) in [5.74, 6) is -0.175. The fourth-order valence-electron chi connectivity index (χ4n) is 4.74. The van der Waals surface area contributed by atoms with Crippen LogP contribution >= 0.6 is 0 Å². The summed E-state index contributed by atoms with van der Waals surface area (Å²) >= 11 is 0. The minimum absolute atomic E-state index is 0.0494. The van der Waals surface area contributed by atoms with E-state index in [0.717, 1.165) is 16.7 Å². The van der Waals surface area contributed by atoms with Crippen molar-refractivity contribution in [3.8, 4) is 17.2 Å². The van der Waals surface area contributed by atoms with Crippen molar-refractivity contribution in [1.29, 1.82) is 0 Å². The van der Waals surface area contributed by atoms with E-state index in [4.69, 9.17) is 14.2 Å². The number of aromatic hydroxyl groups is 1. The number of methoxy groups -OCH3 is 2. The molecule has 2 aromatic rings. The first kappa shape index (κ1) is 26.0. The van der Waals surface area contributed by atoms with Gasteiger partial charge in [0.15, 0.2) is 23.0 Å². The lowest BCUT2D eigenvalue weighted by atomic mass is 9.69. The molecule has 0 aliphatic heterocycles. The first-order valence-corrected chi connectivity index (χ1v) is 11.9. The maximum atomic E-state index is 14.0. The zero-order valence-electron chi connectivity index (χ0n) is 21.4. The smallest absolute Gasteiger partial charge is 0.229 e. The number of hydrogen-bond acceptors (Lipinski definition) is 7. The summed E-state index contributed by atoms with van der Waals surface area (Å²) in [5, 5.41) is 18.9. The Balaban J connectivity index is 1.88. The summed E-state index contributed by atoms with van der Waals surface area (Å²) in [7, 11) is 2.88. The minimum Gasteiger partial charge on any atom is -0.508 e. The molecule has 1 atom stereocenters. The van der Waals surface area contributed by atoms with Crippen LogP contribution in [-0.4, -0.2) is 49.2 Å². The van der Waals surface area contributed by atoms with Crippen molar-refractivity contribution in [1.82, 2.24) is 0 Å². The average molecular weight is 503 g/mol. The fraction of sp³-hybridized carbons (Fsp3) is 0.267. The first-order valence-electron chi connectivity index (χ1n) is 11.9. The molecule has 2 aromatic carbocycles. The number of rotatable bonds is 8. The van der Waals surface area contributed by atoms with E-state index in [-0.39, 0.29) is 47.6 Å². The quantitative estimate of drug-likeness (QED) is 0.407. The summed E-state index contributed by atoms with van der Waals surface area (Å²) in [6.45, 7) is 7.95. The predicted octanol–water partition coefficient (Wildman–Crippen LogP) is 4.43. The lowest BCUT2D eigenvalue weighted by Crippen LogP contribution is -2.32. The van der Waals surface area contributed by atoms with Crippen LogP contribution in [-0.2, 0) is 20.7 Å². The molecule has 0 fully saturated rings. The second kappa shape index (κ2) is 10.5. The van der Waals surface area contributed by atoms with Gasteiger partial charge in [-0.05, 0) is 72.9 Å². The van der Waals surface area contributed by atoms with E-state index in [1.54, 1.807) is 31.2 Å². The number of benzene rings is 2. The van der Waals surface area contributed by atoms with Crippen molar-refractivity contribution in [2.75, 3.05) is 27.4 Å². The summed E-state index contributed by atoms with van der Waals surface area (Å²) in [6, 6.07) is 9.67. The van der Waals surface area contributed by atoms with Crippen molar-refractivity contribution in [3.63, 3.8) is 0 Å². The Morgan fingerprint density at radius 3 is 2.32 bits per heavy atom. The van der Waals surface area contributed by atoms with Crippen LogP contribution in [0.1, 0.15) is 30.5 Å². The number of phenols is 1. The number of carbonyl (C=O) groups is 2. The average Bonchev–Trinajstić information content (AvgIpc) is 2.89. The molecule has 0 spiro atoms. The minimum atomic E-state index is -0.399. The third kappa shape index (κ3) is 4.70. The molecule has 7 nitrogen and oxygen atoms in total. The number of hydrogen-bond donors (Lipinski definition) is 2. The maximum absolute atomic E-state index is 14.0. The predicted molar refractivity (Wildman–Crippen MR) is 140 cm³/mol. The third-order valence-electron chi connectivity index (χ3n) is 6.71.